The Morgan fingerprint density at radius 2 is 2.25 bits per heavy atom. The van der Waals surface area contributed by atoms with Crippen LogP contribution in [0, 0.1) is 6.92 Å². The van der Waals surface area contributed by atoms with Gasteiger partial charge in [-0.2, -0.15) is 4.98 Å². The lowest BCUT2D eigenvalue weighted by Gasteiger charge is -2.09. The van der Waals surface area contributed by atoms with Crippen molar-refractivity contribution in [2.24, 2.45) is 0 Å². The number of aromatic nitrogens is 2. The summed E-state index contributed by atoms with van der Waals surface area (Å²) in [6, 6.07) is 7.48. The Morgan fingerprint density at radius 3 is 2.96 bits per heavy atom. The maximum atomic E-state index is 11.9. The van der Waals surface area contributed by atoms with Crippen molar-refractivity contribution in [3.8, 4) is 11.4 Å². The van der Waals surface area contributed by atoms with Gasteiger partial charge in [0, 0.05) is 24.4 Å². The van der Waals surface area contributed by atoms with Crippen LogP contribution < -0.4 is 5.32 Å². The van der Waals surface area contributed by atoms with Crippen molar-refractivity contribution in [2.75, 3.05) is 11.5 Å². The summed E-state index contributed by atoms with van der Waals surface area (Å²) in [5.74, 6) is 0.849. The van der Waals surface area contributed by atoms with Crippen LogP contribution in [-0.2, 0) is 21.1 Å². The fraction of sp³-hybridized carbons (Fsp3) is 0.438. The molecule has 1 amide bonds. The van der Waals surface area contributed by atoms with Gasteiger partial charge in [0.15, 0.2) is 9.84 Å². The molecule has 1 aliphatic rings. The Morgan fingerprint density at radius 1 is 1.42 bits per heavy atom. The molecular formula is C16H19N3O4S. The van der Waals surface area contributed by atoms with Gasteiger partial charge in [0.2, 0.25) is 17.6 Å². The third kappa shape index (κ3) is 4.19. The van der Waals surface area contributed by atoms with Crippen LogP contribution in [0.3, 0.4) is 0 Å². The number of nitrogens with one attached hydrogen (secondary N) is 1. The van der Waals surface area contributed by atoms with E-state index in [2.05, 4.69) is 15.5 Å². The minimum Gasteiger partial charge on any atom is -0.352 e. The van der Waals surface area contributed by atoms with Crippen LogP contribution in [0.1, 0.15) is 24.3 Å². The first-order chi connectivity index (χ1) is 11.4. The molecule has 7 nitrogen and oxygen atoms in total. The van der Waals surface area contributed by atoms with Crippen molar-refractivity contribution in [3.05, 3.63) is 35.7 Å². The molecular weight excluding hydrogens is 330 g/mol. The molecule has 1 aromatic heterocycles. The van der Waals surface area contributed by atoms with E-state index < -0.39 is 9.84 Å². The Labute approximate surface area is 140 Å². The average molecular weight is 349 g/mol. The lowest BCUT2D eigenvalue weighted by Crippen LogP contribution is -2.35. The van der Waals surface area contributed by atoms with Gasteiger partial charge in [0.05, 0.1) is 11.5 Å². The Balaban J connectivity index is 1.53. The maximum absolute atomic E-state index is 11.9. The molecule has 2 heterocycles. The van der Waals surface area contributed by atoms with Crippen LogP contribution in [0.2, 0.25) is 0 Å². The predicted molar refractivity (Wildman–Crippen MR) is 88.0 cm³/mol. The molecule has 0 saturated carbocycles. The predicted octanol–water partition coefficient (Wildman–Crippen LogP) is 1.28. The maximum Gasteiger partial charge on any atom is 0.227 e. The monoisotopic (exact) mass is 349 g/mol. The SMILES string of the molecule is Cc1cccc(-c2noc(CCC(=O)NC3CCS(=O)(=O)C3)n2)c1. The Kier molecular flexibility index (Phi) is 4.66. The molecule has 1 fully saturated rings. The number of carbonyl (C=O) groups is 1. The highest BCUT2D eigenvalue weighted by Gasteiger charge is 2.28. The molecule has 0 radical (unpaired) electrons. The molecule has 0 aliphatic carbocycles. The van der Waals surface area contributed by atoms with E-state index in [-0.39, 0.29) is 29.9 Å². The molecule has 3 rings (SSSR count). The highest BCUT2D eigenvalue weighted by atomic mass is 32.2. The molecule has 1 aliphatic heterocycles. The summed E-state index contributed by atoms with van der Waals surface area (Å²) in [6.45, 7) is 1.98. The molecule has 8 heteroatoms. The molecule has 24 heavy (non-hydrogen) atoms. The molecule has 0 bridgehead atoms. The third-order valence-corrected chi connectivity index (χ3v) is 5.68. The van der Waals surface area contributed by atoms with Gasteiger partial charge in [-0.3, -0.25) is 4.79 Å². The molecule has 1 unspecified atom stereocenters. The molecule has 0 spiro atoms. The number of carbonyl (C=O) groups excluding carboxylic acids is 1. The zero-order valence-electron chi connectivity index (χ0n) is 13.4. The number of amides is 1. The van der Waals surface area contributed by atoms with E-state index in [1.807, 2.05) is 31.2 Å². The van der Waals surface area contributed by atoms with Gasteiger partial charge < -0.3 is 9.84 Å². The van der Waals surface area contributed by atoms with Crippen molar-refractivity contribution in [1.29, 1.82) is 0 Å². The molecule has 1 aromatic carbocycles. The third-order valence-electron chi connectivity index (χ3n) is 3.91. The summed E-state index contributed by atoms with van der Waals surface area (Å²) < 4.78 is 27.9. The van der Waals surface area contributed by atoms with Gasteiger partial charge in [-0.05, 0) is 19.4 Å². The quantitative estimate of drug-likeness (QED) is 0.872. The van der Waals surface area contributed by atoms with Crippen LogP contribution in [-0.4, -0.2) is 42.0 Å². The van der Waals surface area contributed by atoms with E-state index in [0.29, 0.717) is 24.6 Å². The van der Waals surface area contributed by atoms with E-state index in [1.165, 1.54) is 0 Å². The second kappa shape index (κ2) is 6.72. The molecule has 1 N–H and O–H groups in total. The topological polar surface area (TPSA) is 102 Å². The number of aryl methyl sites for hydroxylation is 2. The summed E-state index contributed by atoms with van der Waals surface area (Å²) in [7, 11) is -2.99. The number of hydrogen-bond donors (Lipinski definition) is 1. The number of rotatable bonds is 5. The highest BCUT2D eigenvalue weighted by Crippen LogP contribution is 2.17. The van der Waals surface area contributed by atoms with E-state index >= 15 is 0 Å². The summed E-state index contributed by atoms with van der Waals surface area (Å²) in [4.78, 5) is 16.2. The van der Waals surface area contributed by atoms with Gasteiger partial charge >= 0.3 is 0 Å². The highest BCUT2D eigenvalue weighted by molar-refractivity contribution is 7.91. The van der Waals surface area contributed by atoms with Crippen LogP contribution in [0.25, 0.3) is 11.4 Å². The standard InChI is InChI=1S/C16H19N3O4S/c1-11-3-2-4-12(9-11)16-18-15(23-19-16)6-5-14(20)17-13-7-8-24(21,22)10-13/h2-4,9,13H,5-8,10H2,1H3,(H,17,20). The van der Waals surface area contributed by atoms with Crippen LogP contribution >= 0.6 is 0 Å². The fourth-order valence-corrected chi connectivity index (χ4v) is 4.36. The first-order valence-electron chi connectivity index (χ1n) is 7.81. The van der Waals surface area contributed by atoms with Crippen molar-refractivity contribution < 1.29 is 17.7 Å². The van der Waals surface area contributed by atoms with Crippen LogP contribution in [0.4, 0.5) is 0 Å². The van der Waals surface area contributed by atoms with Crippen molar-refractivity contribution in [2.45, 2.75) is 32.2 Å². The summed E-state index contributed by atoms with van der Waals surface area (Å²) in [5, 5.41) is 6.67. The van der Waals surface area contributed by atoms with Crippen LogP contribution in [0.15, 0.2) is 28.8 Å². The van der Waals surface area contributed by atoms with E-state index in [4.69, 9.17) is 4.52 Å². The molecule has 128 valence electrons. The fourth-order valence-electron chi connectivity index (χ4n) is 2.69. The number of nitrogens with zero attached hydrogens (tertiary/aromatic N) is 2. The van der Waals surface area contributed by atoms with Gasteiger partial charge in [0.25, 0.3) is 0 Å². The van der Waals surface area contributed by atoms with Crippen molar-refractivity contribution in [1.82, 2.24) is 15.5 Å². The summed E-state index contributed by atoms with van der Waals surface area (Å²) >= 11 is 0. The van der Waals surface area contributed by atoms with Gasteiger partial charge in [-0.15, -0.1) is 0 Å². The second-order valence-corrected chi connectivity index (χ2v) is 8.28. The summed E-state index contributed by atoms with van der Waals surface area (Å²) in [5.41, 5.74) is 1.97. The zero-order valence-corrected chi connectivity index (χ0v) is 14.2. The number of hydrogen-bond acceptors (Lipinski definition) is 6. The normalized spacial score (nSPS) is 19.3. The Bertz CT molecular complexity index is 845. The smallest absolute Gasteiger partial charge is 0.227 e. The lowest BCUT2D eigenvalue weighted by molar-refractivity contribution is -0.121. The summed E-state index contributed by atoms with van der Waals surface area (Å²) in [6.07, 6.45) is 0.988. The second-order valence-electron chi connectivity index (χ2n) is 6.05. The molecule has 1 saturated heterocycles. The van der Waals surface area contributed by atoms with Crippen LogP contribution in [0.5, 0.6) is 0 Å². The minimum atomic E-state index is -2.99. The van der Waals surface area contributed by atoms with Gasteiger partial charge in [-0.1, -0.05) is 28.9 Å². The van der Waals surface area contributed by atoms with E-state index in [9.17, 15) is 13.2 Å². The van der Waals surface area contributed by atoms with Gasteiger partial charge in [-0.25, -0.2) is 8.42 Å². The first-order valence-corrected chi connectivity index (χ1v) is 9.63. The van der Waals surface area contributed by atoms with Crippen molar-refractivity contribution >= 4 is 15.7 Å². The molecule has 1 atom stereocenters. The Hall–Kier alpha value is -2.22. The zero-order chi connectivity index (χ0) is 17.2. The number of benzene rings is 1. The van der Waals surface area contributed by atoms with E-state index in [0.717, 1.165) is 11.1 Å². The van der Waals surface area contributed by atoms with Crippen molar-refractivity contribution in [3.63, 3.8) is 0 Å². The average Bonchev–Trinajstić information content (AvgIpc) is 3.12. The first kappa shape index (κ1) is 16.6. The minimum absolute atomic E-state index is 0.0246. The molecule has 2 aromatic rings. The largest absolute Gasteiger partial charge is 0.352 e. The van der Waals surface area contributed by atoms with Gasteiger partial charge in [0.1, 0.15) is 0 Å². The van der Waals surface area contributed by atoms with E-state index in [1.54, 1.807) is 0 Å². The number of sulfone groups is 1. The lowest BCUT2D eigenvalue weighted by atomic mass is 10.1.